The van der Waals surface area contributed by atoms with Crippen LogP contribution in [0, 0.1) is 0 Å². The summed E-state index contributed by atoms with van der Waals surface area (Å²) in [5, 5.41) is 2.75. The van der Waals surface area contributed by atoms with Crippen LogP contribution in [0.1, 0.15) is 33.5 Å². The molecule has 0 fully saturated rings. The van der Waals surface area contributed by atoms with Crippen molar-refractivity contribution >= 4 is 34.4 Å². The number of ether oxygens (including phenoxy) is 2. The van der Waals surface area contributed by atoms with Crippen LogP contribution in [-0.2, 0) is 24.3 Å². The highest BCUT2D eigenvalue weighted by atomic mass is 32.2. The highest BCUT2D eigenvalue weighted by molar-refractivity contribution is 8.00. The maximum absolute atomic E-state index is 13.1. The zero-order valence-corrected chi connectivity index (χ0v) is 21.4. The maximum Gasteiger partial charge on any atom is 0.332 e. The minimum Gasteiger partial charge on any atom is -0.497 e. The Balaban J connectivity index is 2.06. The van der Waals surface area contributed by atoms with Gasteiger partial charge in [0.2, 0.25) is 5.91 Å². The van der Waals surface area contributed by atoms with Gasteiger partial charge < -0.3 is 14.8 Å². The number of nitrogens with one attached hydrogen (secondary N) is 1. The molecule has 1 amide bonds. The van der Waals surface area contributed by atoms with Crippen LogP contribution in [0.3, 0.4) is 0 Å². The third-order valence-corrected chi connectivity index (χ3v) is 6.35. The molecule has 11 heteroatoms. The van der Waals surface area contributed by atoms with E-state index in [0.29, 0.717) is 28.0 Å². The molecule has 34 heavy (non-hydrogen) atoms. The lowest BCUT2D eigenvalue weighted by atomic mass is 9.96. The summed E-state index contributed by atoms with van der Waals surface area (Å²) in [6.45, 7) is 7.52. The molecular weight excluding hydrogens is 458 g/mol. The predicted octanol–water partition coefficient (Wildman–Crippen LogP) is 2.46. The van der Waals surface area contributed by atoms with Gasteiger partial charge in [0.1, 0.15) is 27.7 Å². The summed E-state index contributed by atoms with van der Waals surface area (Å²) < 4.78 is 12.9. The first kappa shape index (κ1) is 25.3. The largest absolute Gasteiger partial charge is 0.497 e. The summed E-state index contributed by atoms with van der Waals surface area (Å²) in [4.78, 5) is 47.7. The third-order valence-electron chi connectivity index (χ3n) is 5.26. The van der Waals surface area contributed by atoms with E-state index in [4.69, 9.17) is 9.47 Å². The fraction of sp³-hybridized carbons (Fsp3) is 0.435. The summed E-state index contributed by atoms with van der Waals surface area (Å²) in [6.07, 6.45) is 0. The molecule has 0 aliphatic rings. The van der Waals surface area contributed by atoms with Gasteiger partial charge in [0.05, 0.1) is 25.2 Å². The Morgan fingerprint density at radius 1 is 1.09 bits per heavy atom. The lowest BCUT2D eigenvalue weighted by molar-refractivity contribution is -0.115. The Bertz CT molecular complexity index is 1370. The molecule has 2 aromatic heterocycles. The Morgan fingerprint density at radius 3 is 2.35 bits per heavy atom. The molecule has 0 bridgehead atoms. The van der Waals surface area contributed by atoms with Gasteiger partial charge in [-0.3, -0.25) is 18.7 Å². The molecule has 3 rings (SSSR count). The Kier molecular flexibility index (Phi) is 7.06. The van der Waals surface area contributed by atoms with Gasteiger partial charge in [-0.2, -0.15) is 0 Å². The van der Waals surface area contributed by atoms with Crippen molar-refractivity contribution in [3.8, 4) is 11.5 Å². The number of methoxy groups -OCH3 is 2. The van der Waals surface area contributed by atoms with E-state index in [9.17, 15) is 14.4 Å². The number of hydrogen-bond donors (Lipinski definition) is 1. The van der Waals surface area contributed by atoms with Gasteiger partial charge in [0, 0.05) is 25.6 Å². The number of anilines is 1. The molecule has 2 heterocycles. The number of hydrogen-bond acceptors (Lipinski definition) is 8. The van der Waals surface area contributed by atoms with E-state index in [2.05, 4.69) is 15.3 Å². The fourth-order valence-corrected chi connectivity index (χ4v) is 4.15. The molecule has 0 aliphatic carbocycles. The Hall–Kier alpha value is -3.34. The topological polar surface area (TPSA) is 117 Å². The molecule has 10 nitrogen and oxygen atoms in total. The summed E-state index contributed by atoms with van der Waals surface area (Å²) in [6, 6.07) is 5.09. The molecule has 1 aromatic carbocycles. The second-order valence-electron chi connectivity index (χ2n) is 8.82. The van der Waals surface area contributed by atoms with Crippen molar-refractivity contribution in [2.45, 2.75) is 43.4 Å². The van der Waals surface area contributed by atoms with Crippen LogP contribution in [-0.4, -0.2) is 44.5 Å². The van der Waals surface area contributed by atoms with Crippen molar-refractivity contribution < 1.29 is 14.3 Å². The highest BCUT2D eigenvalue weighted by Gasteiger charge is 2.26. The summed E-state index contributed by atoms with van der Waals surface area (Å²) in [5.74, 6) is 1.20. The molecule has 0 aliphatic heterocycles. The van der Waals surface area contributed by atoms with Crippen molar-refractivity contribution in [2.24, 2.45) is 14.1 Å². The number of nitrogens with zero attached hydrogens (tertiary/aromatic N) is 4. The van der Waals surface area contributed by atoms with E-state index in [1.54, 1.807) is 32.2 Å². The summed E-state index contributed by atoms with van der Waals surface area (Å²) in [5.41, 5.74) is -0.746. The molecule has 1 atom stereocenters. The van der Waals surface area contributed by atoms with Gasteiger partial charge in [-0.1, -0.05) is 32.5 Å². The molecule has 0 radical (unpaired) electrons. The number of amides is 1. The third kappa shape index (κ3) is 4.79. The van der Waals surface area contributed by atoms with Crippen molar-refractivity contribution in [2.75, 3.05) is 19.5 Å². The second-order valence-corrected chi connectivity index (χ2v) is 10.2. The van der Waals surface area contributed by atoms with Crippen molar-refractivity contribution in [3.63, 3.8) is 0 Å². The van der Waals surface area contributed by atoms with Crippen LogP contribution >= 0.6 is 11.8 Å². The quantitative estimate of drug-likeness (QED) is 0.416. The highest BCUT2D eigenvalue weighted by Crippen LogP contribution is 2.32. The molecule has 0 saturated heterocycles. The van der Waals surface area contributed by atoms with Gasteiger partial charge in [-0.25, -0.2) is 14.8 Å². The lowest BCUT2D eigenvalue weighted by Gasteiger charge is -2.20. The first-order valence-electron chi connectivity index (χ1n) is 10.6. The SMILES string of the molecule is COc1ccc(OC)c(NC(=O)C(C)Sc2nc(C(C)(C)C)nc3c2c(=O)n(C)c(=O)n3C)c1. The number of benzene rings is 1. The lowest BCUT2D eigenvalue weighted by Crippen LogP contribution is -2.38. The first-order valence-corrected chi connectivity index (χ1v) is 11.4. The van der Waals surface area contributed by atoms with E-state index >= 15 is 0 Å². The van der Waals surface area contributed by atoms with Crippen LogP contribution in [0.2, 0.25) is 0 Å². The maximum atomic E-state index is 13.1. The number of aryl methyl sites for hydroxylation is 1. The molecular formula is C23H29N5O5S. The normalized spacial score (nSPS) is 12.5. The van der Waals surface area contributed by atoms with Gasteiger partial charge >= 0.3 is 5.69 Å². The average Bonchev–Trinajstić information content (AvgIpc) is 2.80. The number of thioether (sulfide) groups is 1. The van der Waals surface area contributed by atoms with Crippen LogP contribution in [0.25, 0.3) is 11.0 Å². The van der Waals surface area contributed by atoms with Gasteiger partial charge in [-0.05, 0) is 19.1 Å². The zero-order chi connectivity index (χ0) is 25.4. The van der Waals surface area contributed by atoms with Gasteiger partial charge in [0.15, 0.2) is 5.65 Å². The van der Waals surface area contributed by atoms with Crippen LogP contribution < -0.4 is 26.0 Å². The number of carbonyl (C=O) groups is 1. The Morgan fingerprint density at radius 2 is 1.76 bits per heavy atom. The molecule has 3 aromatic rings. The van der Waals surface area contributed by atoms with Crippen LogP contribution in [0.5, 0.6) is 11.5 Å². The van der Waals surface area contributed by atoms with E-state index in [1.807, 2.05) is 20.8 Å². The number of fused-ring (bicyclic) bond motifs is 1. The molecule has 0 spiro atoms. The van der Waals surface area contributed by atoms with E-state index in [1.165, 1.54) is 25.8 Å². The molecule has 1 unspecified atom stereocenters. The van der Waals surface area contributed by atoms with Crippen molar-refractivity contribution in [1.82, 2.24) is 19.1 Å². The van der Waals surface area contributed by atoms with E-state index in [0.717, 1.165) is 16.3 Å². The number of rotatable bonds is 6. The molecule has 1 N–H and O–H groups in total. The standard InChI is InChI=1S/C23H29N5O5S/c1-12(18(29)24-14-11-13(32-7)9-10-15(14)33-8)34-19-16-17(25-21(26-19)23(2,3)4)27(5)22(31)28(6)20(16)30/h9-12H,1-8H3,(H,24,29). The van der Waals surface area contributed by atoms with E-state index < -0.39 is 21.9 Å². The predicted molar refractivity (Wildman–Crippen MR) is 132 cm³/mol. The van der Waals surface area contributed by atoms with Crippen LogP contribution in [0.4, 0.5) is 5.69 Å². The van der Waals surface area contributed by atoms with Crippen molar-refractivity contribution in [1.29, 1.82) is 0 Å². The average molecular weight is 488 g/mol. The Labute approximate surface area is 201 Å². The monoisotopic (exact) mass is 487 g/mol. The number of aromatic nitrogens is 4. The smallest absolute Gasteiger partial charge is 0.332 e. The van der Waals surface area contributed by atoms with Crippen molar-refractivity contribution in [3.05, 3.63) is 44.9 Å². The molecule has 0 saturated carbocycles. The minimum absolute atomic E-state index is 0.196. The minimum atomic E-state index is -0.635. The van der Waals surface area contributed by atoms with Gasteiger partial charge in [0.25, 0.3) is 5.56 Å². The van der Waals surface area contributed by atoms with E-state index in [-0.39, 0.29) is 16.9 Å². The molecule has 182 valence electrons. The fourth-order valence-electron chi connectivity index (χ4n) is 3.22. The van der Waals surface area contributed by atoms with Gasteiger partial charge in [-0.15, -0.1) is 0 Å². The summed E-state index contributed by atoms with van der Waals surface area (Å²) in [7, 11) is 6.01. The second kappa shape index (κ2) is 9.49. The number of carbonyl (C=O) groups excluding carboxylic acids is 1. The zero-order valence-electron chi connectivity index (χ0n) is 20.5. The first-order chi connectivity index (χ1) is 15.9. The summed E-state index contributed by atoms with van der Waals surface area (Å²) >= 11 is 1.13. The van der Waals surface area contributed by atoms with Crippen LogP contribution in [0.15, 0.2) is 32.8 Å².